The zero-order chi connectivity index (χ0) is 17.8. The van der Waals surface area contributed by atoms with Gasteiger partial charge in [0.25, 0.3) is 0 Å². The molecule has 0 spiro atoms. The van der Waals surface area contributed by atoms with Crippen molar-refractivity contribution in [3.63, 3.8) is 0 Å². The van der Waals surface area contributed by atoms with Crippen LogP contribution in [0.2, 0.25) is 0 Å². The molecule has 3 aromatic rings. The third-order valence-corrected chi connectivity index (χ3v) is 5.01. The van der Waals surface area contributed by atoms with Crippen molar-refractivity contribution in [1.82, 2.24) is 19.8 Å². The summed E-state index contributed by atoms with van der Waals surface area (Å²) in [7, 11) is 1.66. The fourth-order valence-electron chi connectivity index (χ4n) is 3.54. The lowest BCUT2D eigenvalue weighted by atomic mass is 10.1. The van der Waals surface area contributed by atoms with Crippen molar-refractivity contribution >= 4 is 10.8 Å². The van der Waals surface area contributed by atoms with E-state index in [2.05, 4.69) is 56.2 Å². The van der Waals surface area contributed by atoms with Crippen LogP contribution >= 0.6 is 0 Å². The number of ether oxygens (including phenoxy) is 1. The van der Waals surface area contributed by atoms with Crippen LogP contribution in [0.4, 0.5) is 0 Å². The standard InChI is InChI=1S/C21H24N4O/c1-26-21-14-17(6-8-23-21)15-24-10-12-25(13-11-24)16-20-19-5-3-2-4-18(19)7-9-22-20/h2-9,14H,10-13,15-16H2,1H3. The molecule has 134 valence electrons. The van der Waals surface area contributed by atoms with E-state index in [1.165, 1.54) is 22.0 Å². The number of benzene rings is 1. The van der Waals surface area contributed by atoms with Gasteiger partial charge in [-0.05, 0) is 23.1 Å². The van der Waals surface area contributed by atoms with Crippen LogP contribution in [-0.2, 0) is 13.1 Å². The van der Waals surface area contributed by atoms with E-state index in [0.717, 1.165) is 39.3 Å². The topological polar surface area (TPSA) is 41.5 Å². The maximum Gasteiger partial charge on any atom is 0.213 e. The molecule has 26 heavy (non-hydrogen) atoms. The lowest BCUT2D eigenvalue weighted by Gasteiger charge is -2.34. The largest absolute Gasteiger partial charge is 0.481 e. The Kier molecular flexibility index (Phi) is 5.09. The molecule has 3 heterocycles. The summed E-state index contributed by atoms with van der Waals surface area (Å²) in [5, 5.41) is 2.53. The molecule has 0 saturated carbocycles. The van der Waals surface area contributed by atoms with Gasteiger partial charge in [0.05, 0.1) is 12.8 Å². The molecule has 0 N–H and O–H groups in total. The van der Waals surface area contributed by atoms with Gasteiger partial charge in [-0.2, -0.15) is 0 Å². The molecule has 0 atom stereocenters. The number of pyridine rings is 2. The maximum absolute atomic E-state index is 5.22. The van der Waals surface area contributed by atoms with Gasteiger partial charge >= 0.3 is 0 Å². The van der Waals surface area contributed by atoms with E-state index in [9.17, 15) is 0 Å². The third-order valence-electron chi connectivity index (χ3n) is 5.01. The van der Waals surface area contributed by atoms with Crippen molar-refractivity contribution in [2.24, 2.45) is 0 Å². The van der Waals surface area contributed by atoms with E-state index in [0.29, 0.717) is 5.88 Å². The molecule has 0 amide bonds. The van der Waals surface area contributed by atoms with Crippen molar-refractivity contribution in [1.29, 1.82) is 0 Å². The molecular weight excluding hydrogens is 324 g/mol. The number of hydrogen-bond acceptors (Lipinski definition) is 5. The molecule has 4 rings (SSSR count). The average Bonchev–Trinajstić information content (AvgIpc) is 2.70. The summed E-state index contributed by atoms with van der Waals surface area (Å²) in [6.07, 6.45) is 3.74. The first-order chi connectivity index (χ1) is 12.8. The minimum Gasteiger partial charge on any atom is -0.481 e. The SMILES string of the molecule is COc1cc(CN2CCN(Cc3nccc4ccccc34)CC2)ccn1. The van der Waals surface area contributed by atoms with Crippen LogP contribution < -0.4 is 4.74 Å². The number of fused-ring (bicyclic) bond motifs is 1. The number of aromatic nitrogens is 2. The van der Waals surface area contributed by atoms with Crippen molar-refractivity contribution in [2.75, 3.05) is 33.3 Å². The predicted octanol–water partition coefficient (Wildman–Crippen LogP) is 2.96. The number of methoxy groups -OCH3 is 1. The minimum absolute atomic E-state index is 0.683. The van der Waals surface area contributed by atoms with E-state index in [4.69, 9.17) is 4.74 Å². The van der Waals surface area contributed by atoms with Gasteiger partial charge < -0.3 is 4.74 Å². The Bertz CT molecular complexity index is 869. The van der Waals surface area contributed by atoms with Gasteiger partial charge in [0.1, 0.15) is 0 Å². The zero-order valence-corrected chi connectivity index (χ0v) is 15.1. The average molecular weight is 348 g/mol. The lowest BCUT2D eigenvalue weighted by Crippen LogP contribution is -2.45. The smallest absolute Gasteiger partial charge is 0.213 e. The Hall–Kier alpha value is -2.50. The maximum atomic E-state index is 5.22. The molecule has 5 heteroatoms. The minimum atomic E-state index is 0.683. The van der Waals surface area contributed by atoms with E-state index in [1.54, 1.807) is 7.11 Å². The highest BCUT2D eigenvalue weighted by atomic mass is 16.5. The summed E-state index contributed by atoms with van der Waals surface area (Å²) in [6, 6.07) is 14.7. The van der Waals surface area contributed by atoms with Crippen molar-refractivity contribution in [2.45, 2.75) is 13.1 Å². The number of piperazine rings is 1. The van der Waals surface area contributed by atoms with E-state index >= 15 is 0 Å². The number of hydrogen-bond donors (Lipinski definition) is 0. The van der Waals surface area contributed by atoms with Gasteiger partial charge in [-0.25, -0.2) is 4.98 Å². The fraction of sp³-hybridized carbons (Fsp3) is 0.333. The van der Waals surface area contributed by atoms with Gasteiger partial charge in [0.2, 0.25) is 5.88 Å². The monoisotopic (exact) mass is 348 g/mol. The molecule has 1 fully saturated rings. The highest BCUT2D eigenvalue weighted by Gasteiger charge is 2.18. The molecule has 0 aliphatic carbocycles. The van der Waals surface area contributed by atoms with Crippen LogP contribution in [0.25, 0.3) is 10.8 Å². The van der Waals surface area contributed by atoms with Crippen molar-refractivity contribution < 1.29 is 4.74 Å². The van der Waals surface area contributed by atoms with E-state index in [-0.39, 0.29) is 0 Å². The van der Waals surface area contributed by atoms with Crippen LogP contribution in [0.1, 0.15) is 11.3 Å². The van der Waals surface area contributed by atoms with Gasteiger partial charge in [0.15, 0.2) is 0 Å². The second kappa shape index (κ2) is 7.81. The molecule has 1 aliphatic heterocycles. The second-order valence-electron chi connectivity index (χ2n) is 6.74. The highest BCUT2D eigenvalue weighted by molar-refractivity contribution is 5.84. The summed E-state index contributed by atoms with van der Waals surface area (Å²) in [6.45, 7) is 6.11. The molecule has 0 radical (unpaired) electrons. The van der Waals surface area contributed by atoms with Crippen LogP contribution in [0.3, 0.4) is 0 Å². The number of rotatable bonds is 5. The van der Waals surface area contributed by atoms with Crippen LogP contribution in [0.5, 0.6) is 5.88 Å². The van der Waals surface area contributed by atoms with Crippen LogP contribution in [-0.4, -0.2) is 53.1 Å². The molecule has 5 nitrogen and oxygen atoms in total. The molecule has 0 bridgehead atoms. The third kappa shape index (κ3) is 3.84. The van der Waals surface area contributed by atoms with Gasteiger partial charge in [0, 0.05) is 63.1 Å². The Morgan fingerprint density at radius 3 is 2.42 bits per heavy atom. The first-order valence-electron chi connectivity index (χ1n) is 9.08. The Balaban J connectivity index is 1.36. The summed E-state index contributed by atoms with van der Waals surface area (Å²) in [5.41, 5.74) is 2.43. The highest BCUT2D eigenvalue weighted by Crippen LogP contribution is 2.19. The second-order valence-corrected chi connectivity index (χ2v) is 6.74. The Morgan fingerprint density at radius 2 is 1.62 bits per heavy atom. The molecule has 1 aromatic carbocycles. The summed E-state index contributed by atoms with van der Waals surface area (Å²) < 4.78 is 5.22. The first kappa shape index (κ1) is 16.9. The number of nitrogens with zero attached hydrogens (tertiary/aromatic N) is 4. The fourth-order valence-corrected chi connectivity index (χ4v) is 3.54. The molecule has 0 unspecified atom stereocenters. The zero-order valence-electron chi connectivity index (χ0n) is 15.1. The Morgan fingerprint density at radius 1 is 0.885 bits per heavy atom. The molecule has 1 saturated heterocycles. The Labute approximate surface area is 154 Å². The molecule has 1 aliphatic rings. The van der Waals surface area contributed by atoms with Gasteiger partial charge in [-0.3, -0.25) is 14.8 Å². The van der Waals surface area contributed by atoms with Crippen LogP contribution in [0, 0.1) is 0 Å². The quantitative estimate of drug-likeness (QED) is 0.709. The normalized spacial score (nSPS) is 16.0. The van der Waals surface area contributed by atoms with Gasteiger partial charge in [-0.1, -0.05) is 24.3 Å². The van der Waals surface area contributed by atoms with Crippen LogP contribution in [0.15, 0.2) is 54.9 Å². The van der Waals surface area contributed by atoms with Crippen molar-refractivity contribution in [3.8, 4) is 5.88 Å². The van der Waals surface area contributed by atoms with Gasteiger partial charge in [-0.15, -0.1) is 0 Å². The molecular formula is C21H24N4O. The first-order valence-corrected chi connectivity index (χ1v) is 9.08. The van der Waals surface area contributed by atoms with E-state index < -0.39 is 0 Å². The summed E-state index contributed by atoms with van der Waals surface area (Å²) >= 11 is 0. The lowest BCUT2D eigenvalue weighted by molar-refractivity contribution is 0.121. The van der Waals surface area contributed by atoms with Crippen molar-refractivity contribution in [3.05, 3.63) is 66.1 Å². The summed E-state index contributed by atoms with van der Waals surface area (Å²) in [4.78, 5) is 13.8. The van der Waals surface area contributed by atoms with E-state index in [1.807, 2.05) is 18.5 Å². The summed E-state index contributed by atoms with van der Waals surface area (Å²) in [5.74, 6) is 0.683. The predicted molar refractivity (Wildman–Crippen MR) is 103 cm³/mol. The molecule has 2 aromatic heterocycles.